The summed E-state index contributed by atoms with van der Waals surface area (Å²) in [5.41, 5.74) is 1.14. The zero-order valence-electron chi connectivity index (χ0n) is 10.0. The quantitative estimate of drug-likeness (QED) is 0.862. The van der Waals surface area contributed by atoms with E-state index in [2.05, 4.69) is 75.6 Å². The Morgan fingerprint density at radius 2 is 2.24 bits per heavy atom. The molecule has 2 aromatic rings. The molecule has 0 spiro atoms. The van der Waals surface area contributed by atoms with Crippen molar-refractivity contribution in [3.05, 3.63) is 40.2 Å². The summed E-state index contributed by atoms with van der Waals surface area (Å²) in [6, 6.07) is 8.37. The lowest BCUT2D eigenvalue weighted by atomic mass is 10.2. The molecule has 2 rings (SSSR count). The van der Waals surface area contributed by atoms with E-state index in [0.717, 1.165) is 18.2 Å². The third-order valence-corrected chi connectivity index (χ3v) is 3.07. The number of halogens is 1. The van der Waals surface area contributed by atoms with Gasteiger partial charge in [0.05, 0.1) is 0 Å². The average Bonchev–Trinajstić information content (AvgIpc) is 2.74. The molecular formula is C13H16IN3. The van der Waals surface area contributed by atoms with E-state index >= 15 is 0 Å². The first-order chi connectivity index (χ1) is 8.16. The van der Waals surface area contributed by atoms with Gasteiger partial charge in [-0.1, -0.05) is 19.9 Å². The van der Waals surface area contributed by atoms with E-state index in [1.165, 1.54) is 3.57 Å². The van der Waals surface area contributed by atoms with Crippen LogP contribution in [0.3, 0.4) is 0 Å². The van der Waals surface area contributed by atoms with Crippen molar-refractivity contribution in [2.24, 2.45) is 5.92 Å². The average molecular weight is 341 g/mol. The van der Waals surface area contributed by atoms with Crippen molar-refractivity contribution in [1.82, 2.24) is 9.55 Å². The van der Waals surface area contributed by atoms with Crippen LogP contribution in [0.4, 0.5) is 5.95 Å². The highest BCUT2D eigenvalue weighted by Gasteiger charge is 2.05. The van der Waals surface area contributed by atoms with Crippen LogP contribution in [-0.4, -0.2) is 16.1 Å². The van der Waals surface area contributed by atoms with Gasteiger partial charge in [-0.2, -0.15) is 0 Å². The molecule has 0 aliphatic carbocycles. The summed E-state index contributed by atoms with van der Waals surface area (Å²) < 4.78 is 3.30. The van der Waals surface area contributed by atoms with E-state index in [-0.39, 0.29) is 0 Å². The fourth-order valence-electron chi connectivity index (χ4n) is 1.56. The van der Waals surface area contributed by atoms with Gasteiger partial charge in [0.1, 0.15) is 0 Å². The summed E-state index contributed by atoms with van der Waals surface area (Å²) in [6.45, 7) is 5.30. The third-order valence-electron chi connectivity index (χ3n) is 2.40. The number of anilines is 1. The minimum Gasteiger partial charge on any atom is -0.355 e. The van der Waals surface area contributed by atoms with Crippen LogP contribution in [0, 0.1) is 9.49 Å². The Balaban J connectivity index is 2.24. The Morgan fingerprint density at radius 3 is 2.94 bits per heavy atom. The number of imidazole rings is 1. The highest BCUT2D eigenvalue weighted by molar-refractivity contribution is 14.1. The van der Waals surface area contributed by atoms with Crippen molar-refractivity contribution in [2.75, 3.05) is 11.9 Å². The Hall–Kier alpha value is -1.04. The molecule has 1 heterocycles. The second-order valence-corrected chi connectivity index (χ2v) is 5.62. The van der Waals surface area contributed by atoms with E-state index in [9.17, 15) is 0 Å². The molecule has 1 aromatic heterocycles. The molecule has 17 heavy (non-hydrogen) atoms. The lowest BCUT2D eigenvalue weighted by Crippen LogP contribution is -2.12. The maximum atomic E-state index is 4.34. The fourth-order valence-corrected chi connectivity index (χ4v) is 2.09. The van der Waals surface area contributed by atoms with Gasteiger partial charge < -0.3 is 5.32 Å². The number of benzene rings is 1. The number of nitrogens with zero attached hydrogens (tertiary/aromatic N) is 2. The first-order valence-electron chi connectivity index (χ1n) is 5.70. The SMILES string of the molecule is CC(C)CNc1nccn1-c1cccc(I)c1. The predicted molar refractivity (Wildman–Crippen MR) is 79.6 cm³/mol. The molecule has 0 fully saturated rings. The van der Waals surface area contributed by atoms with Crippen LogP contribution in [0.2, 0.25) is 0 Å². The van der Waals surface area contributed by atoms with Crippen molar-refractivity contribution in [3.63, 3.8) is 0 Å². The Morgan fingerprint density at radius 1 is 1.41 bits per heavy atom. The molecule has 0 aliphatic rings. The standard InChI is InChI=1S/C13H16IN3/c1-10(2)9-16-13-15-6-7-17(13)12-5-3-4-11(14)8-12/h3-8,10H,9H2,1-2H3,(H,15,16). The molecular weight excluding hydrogens is 325 g/mol. The van der Waals surface area contributed by atoms with Gasteiger partial charge in [-0.05, 0) is 46.7 Å². The van der Waals surface area contributed by atoms with E-state index in [0.29, 0.717) is 5.92 Å². The summed E-state index contributed by atoms with van der Waals surface area (Å²) in [4.78, 5) is 4.34. The molecule has 0 amide bonds. The van der Waals surface area contributed by atoms with Crippen LogP contribution >= 0.6 is 22.6 Å². The van der Waals surface area contributed by atoms with Gasteiger partial charge in [0.2, 0.25) is 5.95 Å². The molecule has 90 valence electrons. The molecule has 0 aliphatic heterocycles. The largest absolute Gasteiger partial charge is 0.355 e. The summed E-state index contributed by atoms with van der Waals surface area (Å²) in [5.74, 6) is 1.51. The van der Waals surface area contributed by atoms with E-state index < -0.39 is 0 Å². The van der Waals surface area contributed by atoms with Crippen molar-refractivity contribution in [1.29, 1.82) is 0 Å². The van der Waals surface area contributed by atoms with E-state index in [4.69, 9.17) is 0 Å². The van der Waals surface area contributed by atoms with E-state index in [1.807, 2.05) is 12.4 Å². The predicted octanol–water partition coefficient (Wildman–Crippen LogP) is 3.54. The van der Waals surface area contributed by atoms with Gasteiger partial charge in [-0.25, -0.2) is 4.98 Å². The van der Waals surface area contributed by atoms with Crippen LogP contribution < -0.4 is 5.32 Å². The molecule has 0 atom stereocenters. The van der Waals surface area contributed by atoms with Gasteiger partial charge in [0.15, 0.2) is 0 Å². The molecule has 3 nitrogen and oxygen atoms in total. The van der Waals surface area contributed by atoms with Crippen molar-refractivity contribution >= 4 is 28.5 Å². The van der Waals surface area contributed by atoms with Crippen LogP contribution in [0.25, 0.3) is 5.69 Å². The lowest BCUT2D eigenvalue weighted by Gasteiger charge is -2.11. The Bertz CT molecular complexity index is 491. The highest BCUT2D eigenvalue weighted by Crippen LogP contribution is 2.17. The summed E-state index contributed by atoms with van der Waals surface area (Å²) in [6.07, 6.45) is 3.80. The molecule has 0 saturated heterocycles. The summed E-state index contributed by atoms with van der Waals surface area (Å²) in [7, 11) is 0. The van der Waals surface area contributed by atoms with Crippen LogP contribution in [0.15, 0.2) is 36.7 Å². The van der Waals surface area contributed by atoms with Crippen molar-refractivity contribution < 1.29 is 0 Å². The van der Waals surface area contributed by atoms with E-state index in [1.54, 1.807) is 0 Å². The fraction of sp³-hybridized carbons (Fsp3) is 0.308. The van der Waals surface area contributed by atoms with Crippen molar-refractivity contribution in [2.45, 2.75) is 13.8 Å². The first-order valence-corrected chi connectivity index (χ1v) is 6.78. The number of aromatic nitrogens is 2. The molecule has 0 unspecified atom stereocenters. The second-order valence-electron chi connectivity index (χ2n) is 4.38. The number of nitrogens with one attached hydrogen (secondary N) is 1. The van der Waals surface area contributed by atoms with Crippen LogP contribution in [0.5, 0.6) is 0 Å². The normalized spacial score (nSPS) is 10.8. The zero-order chi connectivity index (χ0) is 12.3. The smallest absolute Gasteiger partial charge is 0.207 e. The van der Waals surface area contributed by atoms with Crippen LogP contribution in [0.1, 0.15) is 13.8 Å². The zero-order valence-corrected chi connectivity index (χ0v) is 12.2. The maximum Gasteiger partial charge on any atom is 0.207 e. The third kappa shape index (κ3) is 3.21. The second kappa shape index (κ2) is 5.53. The monoisotopic (exact) mass is 341 g/mol. The molecule has 1 N–H and O–H groups in total. The topological polar surface area (TPSA) is 29.9 Å². The Labute approximate surface area is 115 Å². The first kappa shape index (κ1) is 12.4. The number of rotatable bonds is 4. The highest BCUT2D eigenvalue weighted by atomic mass is 127. The van der Waals surface area contributed by atoms with Gasteiger partial charge in [-0.3, -0.25) is 4.57 Å². The molecule has 0 radical (unpaired) electrons. The summed E-state index contributed by atoms with van der Waals surface area (Å²) >= 11 is 2.32. The van der Waals surface area contributed by atoms with Gasteiger partial charge in [0, 0.05) is 28.2 Å². The van der Waals surface area contributed by atoms with Crippen molar-refractivity contribution in [3.8, 4) is 5.69 Å². The lowest BCUT2D eigenvalue weighted by molar-refractivity contribution is 0.683. The van der Waals surface area contributed by atoms with Gasteiger partial charge in [-0.15, -0.1) is 0 Å². The Kier molecular flexibility index (Phi) is 4.04. The number of hydrogen-bond donors (Lipinski definition) is 1. The number of hydrogen-bond acceptors (Lipinski definition) is 2. The minimum atomic E-state index is 0.607. The molecule has 0 saturated carbocycles. The van der Waals surface area contributed by atoms with Crippen LogP contribution in [-0.2, 0) is 0 Å². The summed E-state index contributed by atoms with van der Waals surface area (Å²) in [5, 5.41) is 3.36. The molecule has 0 bridgehead atoms. The minimum absolute atomic E-state index is 0.607. The maximum absolute atomic E-state index is 4.34. The molecule has 1 aromatic carbocycles. The van der Waals surface area contributed by atoms with Gasteiger partial charge >= 0.3 is 0 Å². The van der Waals surface area contributed by atoms with Gasteiger partial charge in [0.25, 0.3) is 0 Å². The molecule has 4 heteroatoms.